The molecule has 1 nitrogen and oxygen atoms in total. The molecule has 1 heterocycles. The lowest BCUT2D eigenvalue weighted by molar-refractivity contribution is 0.125. The molecule has 0 N–H and O–H groups in total. The van der Waals surface area contributed by atoms with E-state index >= 15 is 0 Å². The van der Waals surface area contributed by atoms with Crippen LogP contribution in [-0.2, 0) is 4.74 Å². The molecule has 0 spiro atoms. The van der Waals surface area contributed by atoms with E-state index in [4.69, 9.17) is 4.74 Å². The normalized spacial score (nSPS) is 29.2. The van der Waals surface area contributed by atoms with E-state index < -0.39 is 0 Å². The molecule has 2 aliphatic rings. The molecule has 1 aliphatic carbocycles. The van der Waals surface area contributed by atoms with Gasteiger partial charge in [-0.2, -0.15) is 0 Å². The molecule has 72 valence electrons. The second-order valence-corrected chi connectivity index (χ2v) is 3.94. The minimum Gasteiger partial charge on any atom is -0.379 e. The first-order valence-corrected chi connectivity index (χ1v) is 5.51. The Morgan fingerprint density at radius 3 is 1.50 bits per heavy atom. The maximum absolute atomic E-state index is 5.15. The highest BCUT2D eigenvalue weighted by Crippen LogP contribution is 2.15. The van der Waals surface area contributed by atoms with E-state index in [0.717, 1.165) is 6.61 Å². The van der Waals surface area contributed by atoms with Crippen molar-refractivity contribution in [2.45, 2.75) is 64.4 Å². The summed E-state index contributed by atoms with van der Waals surface area (Å²) in [5.74, 6) is 0. The van der Waals surface area contributed by atoms with Crippen molar-refractivity contribution in [1.82, 2.24) is 0 Å². The van der Waals surface area contributed by atoms with Crippen molar-refractivity contribution in [2.24, 2.45) is 0 Å². The Morgan fingerprint density at radius 1 is 0.833 bits per heavy atom. The van der Waals surface area contributed by atoms with Crippen LogP contribution in [0.4, 0.5) is 0 Å². The Hall–Kier alpha value is -0.0400. The van der Waals surface area contributed by atoms with Crippen molar-refractivity contribution in [2.75, 3.05) is 6.61 Å². The molecule has 1 unspecified atom stereocenters. The predicted octanol–water partition coefficient (Wildman–Crippen LogP) is 3.53. The van der Waals surface area contributed by atoms with Gasteiger partial charge >= 0.3 is 0 Å². The van der Waals surface area contributed by atoms with Gasteiger partial charge in [0.25, 0.3) is 0 Å². The van der Waals surface area contributed by atoms with Crippen molar-refractivity contribution >= 4 is 0 Å². The molecule has 2 rings (SSSR count). The smallest absolute Gasteiger partial charge is 0.0547 e. The first-order chi connectivity index (χ1) is 5.89. The standard InChI is InChI=1S/C6H12.C5H10O/c1-2-4-6-5-3-1;1-5-3-2-4-6-5/h1-6H2;5H,2-4H2,1H3. The SMILES string of the molecule is C1CCCCC1.CC1CCCO1. The fraction of sp³-hybridized carbons (Fsp3) is 1.00. The molecular weight excluding hydrogens is 148 g/mol. The third kappa shape index (κ3) is 4.76. The molecule has 0 aromatic carbocycles. The van der Waals surface area contributed by atoms with Crippen LogP contribution in [0.2, 0.25) is 0 Å². The van der Waals surface area contributed by atoms with Gasteiger partial charge in [-0.3, -0.25) is 0 Å². The molecule has 0 radical (unpaired) electrons. The summed E-state index contributed by atoms with van der Waals surface area (Å²) in [4.78, 5) is 0. The van der Waals surface area contributed by atoms with Gasteiger partial charge in [0.2, 0.25) is 0 Å². The molecule has 1 atom stereocenters. The van der Waals surface area contributed by atoms with E-state index in [9.17, 15) is 0 Å². The Labute approximate surface area is 76.5 Å². The van der Waals surface area contributed by atoms with Crippen LogP contribution in [0.1, 0.15) is 58.3 Å². The summed E-state index contributed by atoms with van der Waals surface area (Å²) in [5, 5.41) is 0. The van der Waals surface area contributed by atoms with Crippen LogP contribution >= 0.6 is 0 Å². The highest BCUT2D eigenvalue weighted by atomic mass is 16.5. The quantitative estimate of drug-likeness (QED) is 0.540. The molecule has 12 heavy (non-hydrogen) atoms. The zero-order valence-corrected chi connectivity index (χ0v) is 8.35. The van der Waals surface area contributed by atoms with Crippen LogP contribution in [0.3, 0.4) is 0 Å². The predicted molar refractivity (Wildman–Crippen MR) is 52.4 cm³/mol. The molecule has 0 bridgehead atoms. The maximum atomic E-state index is 5.15. The summed E-state index contributed by atoms with van der Waals surface area (Å²) in [5.41, 5.74) is 0. The average Bonchev–Trinajstić information content (AvgIpc) is 2.60. The third-order valence-corrected chi connectivity index (χ3v) is 2.66. The van der Waals surface area contributed by atoms with Crippen LogP contribution in [0.15, 0.2) is 0 Å². The Morgan fingerprint density at radius 2 is 1.33 bits per heavy atom. The Balaban J connectivity index is 0.000000120. The first kappa shape index (κ1) is 10.0. The van der Waals surface area contributed by atoms with Crippen molar-refractivity contribution in [3.05, 3.63) is 0 Å². The van der Waals surface area contributed by atoms with Crippen molar-refractivity contribution in [3.8, 4) is 0 Å². The van der Waals surface area contributed by atoms with Crippen LogP contribution in [-0.4, -0.2) is 12.7 Å². The molecule has 1 saturated heterocycles. The molecular formula is C11H22O. The summed E-state index contributed by atoms with van der Waals surface area (Å²) >= 11 is 0. The maximum Gasteiger partial charge on any atom is 0.0547 e. The zero-order valence-electron chi connectivity index (χ0n) is 8.35. The number of rotatable bonds is 0. The largest absolute Gasteiger partial charge is 0.379 e. The van der Waals surface area contributed by atoms with Crippen LogP contribution in [0.25, 0.3) is 0 Å². The van der Waals surface area contributed by atoms with Gasteiger partial charge in [0.15, 0.2) is 0 Å². The highest BCUT2D eigenvalue weighted by molar-refractivity contribution is 4.56. The fourth-order valence-electron chi connectivity index (χ4n) is 1.80. The number of ether oxygens (including phenoxy) is 1. The fourth-order valence-corrected chi connectivity index (χ4v) is 1.80. The van der Waals surface area contributed by atoms with Crippen molar-refractivity contribution in [1.29, 1.82) is 0 Å². The van der Waals surface area contributed by atoms with Gasteiger partial charge in [-0.25, -0.2) is 0 Å². The summed E-state index contributed by atoms with van der Waals surface area (Å²) in [6.45, 7) is 3.11. The Bertz CT molecular complexity index is 79.7. The van der Waals surface area contributed by atoms with Gasteiger partial charge < -0.3 is 4.74 Å². The second kappa shape index (κ2) is 6.47. The van der Waals surface area contributed by atoms with Gasteiger partial charge in [-0.15, -0.1) is 0 Å². The third-order valence-electron chi connectivity index (χ3n) is 2.66. The van der Waals surface area contributed by atoms with Gasteiger partial charge in [0, 0.05) is 6.61 Å². The highest BCUT2D eigenvalue weighted by Gasteiger charge is 2.07. The van der Waals surface area contributed by atoms with Gasteiger partial charge in [-0.05, 0) is 19.8 Å². The van der Waals surface area contributed by atoms with E-state index in [-0.39, 0.29) is 0 Å². The molecule has 1 aliphatic heterocycles. The summed E-state index contributed by atoms with van der Waals surface area (Å²) in [6.07, 6.45) is 12.1. The van der Waals surface area contributed by atoms with Crippen molar-refractivity contribution in [3.63, 3.8) is 0 Å². The Kier molecular flexibility index (Phi) is 5.42. The lowest BCUT2D eigenvalue weighted by Gasteiger charge is -2.05. The minimum absolute atomic E-state index is 0.546. The lowest BCUT2D eigenvalue weighted by atomic mass is 10.0. The van der Waals surface area contributed by atoms with Gasteiger partial charge in [0.1, 0.15) is 0 Å². The van der Waals surface area contributed by atoms with Gasteiger partial charge in [0.05, 0.1) is 6.10 Å². The minimum atomic E-state index is 0.546. The first-order valence-electron chi connectivity index (χ1n) is 5.51. The molecule has 0 aromatic heterocycles. The molecule has 0 aromatic rings. The zero-order chi connectivity index (χ0) is 8.65. The second-order valence-electron chi connectivity index (χ2n) is 3.94. The van der Waals surface area contributed by atoms with E-state index in [2.05, 4.69) is 6.92 Å². The van der Waals surface area contributed by atoms with Crippen LogP contribution in [0.5, 0.6) is 0 Å². The van der Waals surface area contributed by atoms with Crippen LogP contribution < -0.4 is 0 Å². The average molecular weight is 170 g/mol. The molecule has 2 fully saturated rings. The summed E-state index contributed by atoms with van der Waals surface area (Å²) < 4.78 is 5.15. The number of hydrogen-bond acceptors (Lipinski definition) is 1. The molecule has 0 amide bonds. The van der Waals surface area contributed by atoms with Gasteiger partial charge in [-0.1, -0.05) is 38.5 Å². The summed E-state index contributed by atoms with van der Waals surface area (Å²) in [6, 6.07) is 0. The van der Waals surface area contributed by atoms with Crippen molar-refractivity contribution < 1.29 is 4.74 Å². The monoisotopic (exact) mass is 170 g/mol. The lowest BCUT2D eigenvalue weighted by Crippen LogP contribution is -1.94. The van der Waals surface area contributed by atoms with E-state index in [1.54, 1.807) is 0 Å². The van der Waals surface area contributed by atoms with E-state index in [1.165, 1.54) is 51.4 Å². The summed E-state index contributed by atoms with van der Waals surface area (Å²) in [7, 11) is 0. The van der Waals surface area contributed by atoms with E-state index in [0.29, 0.717) is 6.10 Å². The van der Waals surface area contributed by atoms with Crippen LogP contribution in [0, 0.1) is 0 Å². The van der Waals surface area contributed by atoms with E-state index in [1.807, 2.05) is 0 Å². The molecule has 1 saturated carbocycles. The number of hydrogen-bond donors (Lipinski definition) is 0. The topological polar surface area (TPSA) is 9.23 Å². The molecule has 1 heteroatoms.